The fourth-order valence-electron chi connectivity index (χ4n) is 0.919. The minimum Gasteiger partial charge on any atom is -0.371 e. The minimum absolute atomic E-state index is 0.159. The molecule has 1 rings (SSSR count). The van der Waals surface area contributed by atoms with Crippen molar-refractivity contribution in [3.8, 4) is 0 Å². The second kappa shape index (κ2) is 5.12. The Labute approximate surface area is 84.3 Å². The molecule has 0 bridgehead atoms. The van der Waals surface area contributed by atoms with Crippen LogP contribution < -0.4 is 5.32 Å². The molecular weight excluding hydrogens is 182 g/mol. The molecule has 1 saturated heterocycles. The van der Waals surface area contributed by atoms with Crippen LogP contribution in [0, 0.1) is 0 Å². The third-order valence-corrected chi connectivity index (χ3v) is 1.94. The monoisotopic (exact) mass is 199 g/mol. The highest BCUT2D eigenvalue weighted by Crippen LogP contribution is 2.10. The van der Waals surface area contributed by atoms with E-state index in [2.05, 4.69) is 11.9 Å². The van der Waals surface area contributed by atoms with Crippen LogP contribution in [0.4, 0.5) is 0 Å². The number of amides is 1. The quantitative estimate of drug-likeness (QED) is 0.391. The van der Waals surface area contributed by atoms with Gasteiger partial charge in [0.15, 0.2) is 0 Å². The Bertz CT molecular complexity index is 223. The van der Waals surface area contributed by atoms with Gasteiger partial charge in [-0.25, -0.2) is 0 Å². The molecule has 0 radical (unpaired) electrons. The zero-order chi connectivity index (χ0) is 10.6. The van der Waals surface area contributed by atoms with Crippen molar-refractivity contribution in [3.05, 3.63) is 12.2 Å². The van der Waals surface area contributed by atoms with Gasteiger partial charge in [-0.1, -0.05) is 13.5 Å². The number of nitrogens with one attached hydrogen (secondary N) is 1. The molecule has 14 heavy (non-hydrogen) atoms. The Morgan fingerprint density at radius 3 is 2.86 bits per heavy atom. The molecule has 2 unspecified atom stereocenters. The lowest BCUT2D eigenvalue weighted by atomic mass is 10.3. The van der Waals surface area contributed by atoms with E-state index in [-0.39, 0.29) is 18.2 Å². The zero-order valence-corrected chi connectivity index (χ0v) is 8.71. The lowest BCUT2D eigenvalue weighted by Crippen LogP contribution is -2.37. The fraction of sp³-hybridized carbons (Fsp3) is 0.700. The van der Waals surface area contributed by atoms with Crippen molar-refractivity contribution in [2.45, 2.75) is 32.6 Å². The number of carbonyl (C=O) groups is 1. The van der Waals surface area contributed by atoms with E-state index in [1.54, 1.807) is 6.92 Å². The van der Waals surface area contributed by atoms with Crippen LogP contribution in [0.1, 0.15) is 20.3 Å². The molecule has 1 heterocycles. The van der Waals surface area contributed by atoms with E-state index in [1.807, 2.05) is 6.92 Å². The summed E-state index contributed by atoms with van der Waals surface area (Å²) in [6, 6.07) is 0. The first kappa shape index (κ1) is 11.2. The molecule has 1 aliphatic heterocycles. The summed E-state index contributed by atoms with van der Waals surface area (Å²) in [6.07, 6.45) is 0.736. The molecule has 4 heteroatoms. The summed E-state index contributed by atoms with van der Waals surface area (Å²) in [6.45, 7) is 8.51. The van der Waals surface area contributed by atoms with Crippen LogP contribution in [0.25, 0.3) is 0 Å². The molecule has 0 aliphatic carbocycles. The Hall–Kier alpha value is -0.870. The van der Waals surface area contributed by atoms with Gasteiger partial charge >= 0.3 is 0 Å². The van der Waals surface area contributed by atoms with Crippen LogP contribution in [0.15, 0.2) is 12.2 Å². The van der Waals surface area contributed by atoms with Crippen LogP contribution in [0.2, 0.25) is 0 Å². The largest absolute Gasteiger partial charge is 0.371 e. The highest BCUT2D eigenvalue weighted by atomic mass is 16.6. The van der Waals surface area contributed by atoms with Crippen molar-refractivity contribution in [3.63, 3.8) is 0 Å². The average molecular weight is 199 g/mol. The van der Waals surface area contributed by atoms with Gasteiger partial charge in [-0.15, -0.1) is 0 Å². The van der Waals surface area contributed by atoms with E-state index >= 15 is 0 Å². The van der Waals surface area contributed by atoms with Gasteiger partial charge < -0.3 is 14.8 Å². The van der Waals surface area contributed by atoms with Gasteiger partial charge in [-0.3, -0.25) is 4.79 Å². The Morgan fingerprint density at radius 1 is 1.79 bits per heavy atom. The van der Waals surface area contributed by atoms with Crippen molar-refractivity contribution >= 4 is 5.91 Å². The molecule has 4 nitrogen and oxygen atoms in total. The van der Waals surface area contributed by atoms with E-state index in [0.29, 0.717) is 12.2 Å². The van der Waals surface area contributed by atoms with Gasteiger partial charge in [0, 0.05) is 5.57 Å². The van der Waals surface area contributed by atoms with Crippen LogP contribution >= 0.6 is 0 Å². The first-order chi connectivity index (χ1) is 6.63. The number of ether oxygens (including phenoxy) is 2. The standard InChI is InChI=1S/C10H17NO3/c1-4-9(11-10(12)7(2)3)14-6-8-5-13-8/h8-9H,2,4-6H2,1,3H3,(H,11,12). The predicted octanol–water partition coefficient (Wildman–Crippen LogP) is 0.830. The Kier molecular flexibility index (Phi) is 4.10. The van der Waals surface area contributed by atoms with Gasteiger partial charge in [0.1, 0.15) is 12.3 Å². The van der Waals surface area contributed by atoms with Crippen LogP contribution in [0.5, 0.6) is 0 Å². The summed E-state index contributed by atoms with van der Waals surface area (Å²) in [5.74, 6) is -0.159. The molecule has 0 aromatic heterocycles. The summed E-state index contributed by atoms with van der Waals surface area (Å²) in [4.78, 5) is 11.3. The molecule has 0 saturated carbocycles. The molecule has 80 valence electrons. The van der Waals surface area contributed by atoms with E-state index in [4.69, 9.17) is 9.47 Å². The zero-order valence-electron chi connectivity index (χ0n) is 8.71. The fourth-order valence-corrected chi connectivity index (χ4v) is 0.919. The topological polar surface area (TPSA) is 50.9 Å². The van der Waals surface area contributed by atoms with E-state index in [1.165, 1.54) is 0 Å². The van der Waals surface area contributed by atoms with Crippen LogP contribution in [-0.2, 0) is 14.3 Å². The SMILES string of the molecule is C=C(C)C(=O)NC(CC)OCC1CO1. The summed E-state index contributed by atoms with van der Waals surface area (Å²) < 4.78 is 10.4. The van der Waals surface area contributed by atoms with Gasteiger partial charge in [-0.2, -0.15) is 0 Å². The summed E-state index contributed by atoms with van der Waals surface area (Å²) in [5, 5.41) is 2.73. The molecule has 0 aromatic rings. The molecule has 1 fully saturated rings. The van der Waals surface area contributed by atoms with Gasteiger partial charge in [0.2, 0.25) is 5.91 Å². The van der Waals surface area contributed by atoms with Crippen molar-refractivity contribution < 1.29 is 14.3 Å². The molecular formula is C10H17NO3. The first-order valence-electron chi connectivity index (χ1n) is 4.83. The number of carbonyl (C=O) groups excluding carboxylic acids is 1. The Balaban J connectivity index is 2.22. The number of epoxide rings is 1. The minimum atomic E-state index is -0.233. The molecule has 1 N–H and O–H groups in total. The second-order valence-electron chi connectivity index (χ2n) is 3.44. The van der Waals surface area contributed by atoms with Crippen molar-refractivity contribution in [1.29, 1.82) is 0 Å². The van der Waals surface area contributed by atoms with Crippen molar-refractivity contribution in [1.82, 2.24) is 5.32 Å². The summed E-state index contributed by atoms with van der Waals surface area (Å²) in [7, 11) is 0. The molecule has 2 atom stereocenters. The second-order valence-corrected chi connectivity index (χ2v) is 3.44. The van der Waals surface area contributed by atoms with Crippen LogP contribution in [-0.4, -0.2) is 31.5 Å². The van der Waals surface area contributed by atoms with Gasteiger partial charge in [0.05, 0.1) is 13.2 Å². The third-order valence-electron chi connectivity index (χ3n) is 1.94. The first-order valence-corrected chi connectivity index (χ1v) is 4.83. The lowest BCUT2D eigenvalue weighted by molar-refractivity contribution is -0.122. The van der Waals surface area contributed by atoms with Crippen molar-refractivity contribution in [2.24, 2.45) is 0 Å². The highest BCUT2D eigenvalue weighted by Gasteiger charge is 2.24. The maximum absolute atomic E-state index is 11.3. The van der Waals surface area contributed by atoms with Gasteiger partial charge in [-0.05, 0) is 13.3 Å². The number of hydrogen-bond donors (Lipinski definition) is 1. The number of rotatable bonds is 6. The Morgan fingerprint density at radius 2 is 2.43 bits per heavy atom. The normalized spacial score (nSPS) is 21.4. The van der Waals surface area contributed by atoms with E-state index in [0.717, 1.165) is 13.0 Å². The lowest BCUT2D eigenvalue weighted by Gasteiger charge is -2.17. The maximum atomic E-state index is 11.3. The predicted molar refractivity (Wildman–Crippen MR) is 52.7 cm³/mol. The molecule has 1 amide bonds. The summed E-state index contributed by atoms with van der Waals surface area (Å²) >= 11 is 0. The average Bonchev–Trinajstić information content (AvgIpc) is 2.95. The van der Waals surface area contributed by atoms with Gasteiger partial charge in [0.25, 0.3) is 0 Å². The number of hydrogen-bond acceptors (Lipinski definition) is 3. The van der Waals surface area contributed by atoms with E-state index in [9.17, 15) is 4.79 Å². The summed E-state index contributed by atoms with van der Waals surface area (Å²) in [5.41, 5.74) is 0.495. The van der Waals surface area contributed by atoms with E-state index < -0.39 is 0 Å². The maximum Gasteiger partial charge on any atom is 0.248 e. The van der Waals surface area contributed by atoms with Crippen molar-refractivity contribution in [2.75, 3.05) is 13.2 Å². The third kappa shape index (κ3) is 3.89. The van der Waals surface area contributed by atoms with Crippen LogP contribution in [0.3, 0.4) is 0 Å². The molecule has 1 aliphatic rings. The molecule has 0 spiro atoms. The molecule has 0 aromatic carbocycles. The smallest absolute Gasteiger partial charge is 0.248 e. The highest BCUT2D eigenvalue weighted by molar-refractivity contribution is 5.92.